The summed E-state index contributed by atoms with van der Waals surface area (Å²) in [4.78, 5) is 97.8. The fourth-order valence-electron chi connectivity index (χ4n) is 10.1. The summed E-state index contributed by atoms with van der Waals surface area (Å²) in [7, 11) is 0. The number of carbonyl (C=O) groups is 3. The second-order valence-corrected chi connectivity index (χ2v) is 27.2. The maximum absolute atomic E-state index is 12.7. The topological polar surface area (TPSA) is 372 Å². The first-order valence-electron chi connectivity index (χ1n) is 31.6. The molecule has 5 aliphatic rings. The van der Waals surface area contributed by atoms with Crippen molar-refractivity contribution in [3.63, 3.8) is 0 Å². The fraction of sp³-hybridized carbons (Fsp3) is 0.475. The van der Waals surface area contributed by atoms with E-state index in [1.165, 1.54) is 62.6 Å². The van der Waals surface area contributed by atoms with Gasteiger partial charge in [0.15, 0.2) is 5.56 Å². The third-order valence-electron chi connectivity index (χ3n) is 15.6. The number of aryl methyl sites for hydroxylation is 1. The number of fused-ring (bicyclic) bond motifs is 3. The van der Waals surface area contributed by atoms with Crippen LogP contribution in [0.25, 0.3) is 14.9 Å². The van der Waals surface area contributed by atoms with Crippen molar-refractivity contribution in [2.75, 3.05) is 144 Å². The van der Waals surface area contributed by atoms with Crippen LogP contribution in [0.4, 0.5) is 5.13 Å². The van der Waals surface area contributed by atoms with Gasteiger partial charge in [0.25, 0.3) is 28.5 Å². The van der Waals surface area contributed by atoms with Crippen LogP contribution in [0.15, 0.2) is 75.3 Å². The first-order chi connectivity index (χ1) is 47.5. The Labute approximate surface area is 613 Å². The van der Waals surface area contributed by atoms with Gasteiger partial charge in [0, 0.05) is 122 Å². The molecule has 2 aromatic carbocycles. The summed E-state index contributed by atoms with van der Waals surface area (Å²) in [5.41, 5.74) is 5.80. The Morgan fingerprint density at radius 3 is 1.32 bits per heavy atom. The Bertz CT molecular complexity index is 4280. The number of carbonyl (C=O) groups excluding carboxylic acids is 2. The Morgan fingerprint density at radius 1 is 0.525 bits per heavy atom. The number of benzene rings is 2. The summed E-state index contributed by atoms with van der Waals surface area (Å²) >= 11 is 11.2. The first-order valence-corrected chi connectivity index (χ1v) is 35.2. The summed E-state index contributed by atoms with van der Waals surface area (Å²) in [6, 6.07) is 14.8. The second kappa shape index (κ2) is 38.4. The molecular weight excluding hydrogens is 1460 g/mol. The number of aromatic nitrogens is 11. The van der Waals surface area contributed by atoms with Gasteiger partial charge < -0.3 is 50.3 Å². The Kier molecular flexibility index (Phi) is 29.7. The number of nitrogens with two attached hydrogens (primary N) is 1. The number of morpholine rings is 5. The number of carboxylic acids is 1. The van der Waals surface area contributed by atoms with Crippen LogP contribution in [0.3, 0.4) is 0 Å². The number of anilines is 1. The van der Waals surface area contributed by atoms with Crippen LogP contribution >= 0.6 is 56.9 Å². The molecule has 5 fully saturated rings. The van der Waals surface area contributed by atoms with E-state index in [-0.39, 0.29) is 55.3 Å². The number of aromatic hydroxyl groups is 1. The first kappa shape index (κ1) is 76.5. The standard InChI is InChI=1S/C19H21N5O3S.C18H18ClN5O4S.C11H12N4O4S.C7H12N4OS.C6H13NO.Y/c1-13-2-4-14(5-3-13)10-20-17(25)15-11-21-19-24(18(15)26)22-16(28-19)12-23-6-8-27-9-7-23;19-12-3-1-11(2-4-12)9-20-15(25)14-16(26)21-18-24(17(14)27)22-13(29-18)10-23-5-7-28-8-6-23;16-9-7(10(17)18)5-12-11-15(9)13-8(20-11)6-14-1-3-19-4-2-14;8-7-10-9-6(13-7)5-11-1-3-12-4-2-11;1-2-7-3-5-8-6-4-7;/h2-5,11H,6-10,12H2,1H3,(H,20,25);1-4,26H,5-10H2,(H,20,25);5H,1-4,6H2,(H,17,18);1-5H2,(H2,8,10);2-6H2,1H3;. The van der Waals surface area contributed by atoms with Gasteiger partial charge in [0.05, 0.1) is 98.4 Å². The van der Waals surface area contributed by atoms with Gasteiger partial charge in [-0.15, -0.1) is 10.2 Å². The van der Waals surface area contributed by atoms with Crippen molar-refractivity contribution in [3.05, 3.63) is 150 Å². The number of nitrogens with one attached hydrogen (secondary N) is 2. The van der Waals surface area contributed by atoms with Gasteiger partial charge in [-0.25, -0.2) is 14.8 Å². The molecule has 2 amide bonds. The molecule has 99 heavy (non-hydrogen) atoms. The van der Waals surface area contributed by atoms with Crippen LogP contribution in [0.2, 0.25) is 5.02 Å². The van der Waals surface area contributed by atoms with Crippen molar-refractivity contribution in [1.82, 2.24) is 89.1 Å². The molecule has 5 saturated heterocycles. The van der Waals surface area contributed by atoms with Crippen molar-refractivity contribution in [2.24, 2.45) is 0 Å². The van der Waals surface area contributed by atoms with Gasteiger partial charge in [0.1, 0.15) is 31.2 Å². The number of rotatable bonds is 16. The third kappa shape index (κ3) is 22.4. The molecule has 12 heterocycles. The van der Waals surface area contributed by atoms with Crippen LogP contribution in [0.5, 0.6) is 5.88 Å². The molecule has 0 unspecified atom stereocenters. The molecular formula is C61H76ClN19O13S4Y. The van der Waals surface area contributed by atoms with Gasteiger partial charge in [-0.05, 0) is 36.7 Å². The number of carboxylic acid groups (broad SMARTS) is 1. The van der Waals surface area contributed by atoms with E-state index in [0.29, 0.717) is 90.9 Å². The number of likely N-dealkylation sites (N-methyl/N-ethyl adjacent to an activating group) is 1. The Balaban J connectivity index is 0.000000152. The van der Waals surface area contributed by atoms with E-state index in [9.17, 15) is 33.9 Å². The number of nitrogen functional groups attached to an aromatic ring is 1. The van der Waals surface area contributed by atoms with Gasteiger partial charge in [-0.3, -0.25) is 48.5 Å². The molecule has 7 aromatic heterocycles. The molecule has 0 saturated carbocycles. The van der Waals surface area contributed by atoms with Crippen LogP contribution in [0.1, 0.15) is 74.7 Å². The van der Waals surface area contributed by atoms with Crippen molar-refractivity contribution in [2.45, 2.75) is 53.1 Å². The van der Waals surface area contributed by atoms with Crippen LogP contribution in [-0.2, 0) is 95.7 Å². The average molecular weight is 1540 g/mol. The van der Waals surface area contributed by atoms with E-state index in [4.69, 9.17) is 46.1 Å². The zero-order chi connectivity index (χ0) is 68.9. The molecule has 6 N–H and O–H groups in total. The maximum atomic E-state index is 12.7. The predicted molar refractivity (Wildman–Crippen MR) is 367 cm³/mol. The smallest absolute Gasteiger partial charge is 0.343 e. The molecule has 38 heteroatoms. The fourth-order valence-corrected chi connectivity index (χ4v) is 13.6. The molecule has 0 bridgehead atoms. The number of amides is 2. The average Bonchev–Trinajstić information content (AvgIpc) is 1.70. The van der Waals surface area contributed by atoms with Crippen molar-refractivity contribution >= 4 is 94.7 Å². The molecule has 32 nitrogen and oxygen atoms in total. The minimum atomic E-state index is -1.29. The van der Waals surface area contributed by atoms with Crippen LogP contribution < -0.4 is 33.0 Å². The Morgan fingerprint density at radius 2 is 0.909 bits per heavy atom. The molecule has 527 valence electrons. The molecule has 5 aliphatic heterocycles. The predicted octanol–water partition coefficient (Wildman–Crippen LogP) is 2.46. The molecule has 0 aliphatic carbocycles. The number of ether oxygens (including phenoxy) is 5. The van der Waals surface area contributed by atoms with E-state index in [1.54, 1.807) is 24.3 Å². The van der Waals surface area contributed by atoms with Gasteiger partial charge in [-0.1, -0.05) is 106 Å². The summed E-state index contributed by atoms with van der Waals surface area (Å²) in [6.07, 6.45) is 2.41. The number of nitrogens with zero attached hydrogens (tertiary/aromatic N) is 16. The molecule has 0 atom stereocenters. The number of aromatic carboxylic acids is 1. The van der Waals surface area contributed by atoms with Crippen molar-refractivity contribution in [3.8, 4) is 5.88 Å². The normalized spacial score (nSPS) is 16.4. The second-order valence-electron chi connectivity index (χ2n) is 22.6. The Hall–Kier alpha value is -6.69. The maximum Gasteiger partial charge on any atom is 0.343 e. The van der Waals surface area contributed by atoms with Crippen molar-refractivity contribution < 1.29 is 81.0 Å². The van der Waals surface area contributed by atoms with E-state index in [2.05, 4.69) is 82.5 Å². The van der Waals surface area contributed by atoms with Crippen molar-refractivity contribution in [1.29, 1.82) is 0 Å². The molecule has 1 radical (unpaired) electrons. The minimum absolute atomic E-state index is 0. The molecule has 0 spiro atoms. The van der Waals surface area contributed by atoms with E-state index in [0.717, 1.165) is 145 Å². The zero-order valence-electron chi connectivity index (χ0n) is 54.6. The van der Waals surface area contributed by atoms with Gasteiger partial charge in [-0.2, -0.15) is 33.8 Å². The van der Waals surface area contributed by atoms with Crippen LogP contribution in [-0.4, -0.2) is 245 Å². The van der Waals surface area contributed by atoms with E-state index in [1.807, 2.05) is 31.2 Å². The summed E-state index contributed by atoms with van der Waals surface area (Å²) in [5, 5.41) is 49.3. The van der Waals surface area contributed by atoms with E-state index >= 15 is 0 Å². The zero-order valence-corrected chi connectivity index (χ0v) is 61.4. The third-order valence-corrected chi connectivity index (χ3v) is 19.3. The summed E-state index contributed by atoms with van der Waals surface area (Å²) < 4.78 is 29.7. The van der Waals surface area contributed by atoms with Crippen LogP contribution in [0, 0.1) is 6.92 Å². The number of hydrogen-bond acceptors (Lipinski definition) is 30. The largest absolute Gasteiger partial charge is 0.492 e. The quantitative estimate of drug-likeness (QED) is 0.0927. The minimum Gasteiger partial charge on any atom is -0.492 e. The SMILES string of the molecule is CCN1CCOCC1.Cc1ccc(CNC(=O)c2cnc3sc(CN4CCOCC4)nn3c2=O)cc1.Nc1nnc(CN2CCOCC2)s1.O=C(NCc1ccc(Cl)cc1)c1c(O)nc2sc(CN3CCOCC3)nn2c1=O.O=C(O)c1cnc2sc(CN3CCOCC3)nn2c1=O.[Y]. The number of hydrogen-bond donors (Lipinski definition) is 5. The summed E-state index contributed by atoms with van der Waals surface area (Å²) in [5.74, 6) is -3.06. The number of halogens is 1. The summed E-state index contributed by atoms with van der Waals surface area (Å²) in [6.45, 7) is 25.2. The van der Waals surface area contributed by atoms with Gasteiger partial charge >= 0.3 is 5.97 Å². The molecule has 14 rings (SSSR count). The van der Waals surface area contributed by atoms with E-state index < -0.39 is 45.9 Å². The van der Waals surface area contributed by atoms with Gasteiger partial charge in [0.2, 0.25) is 25.9 Å². The monoisotopic (exact) mass is 1530 g/mol. The molecule has 9 aromatic rings.